The summed E-state index contributed by atoms with van der Waals surface area (Å²) in [6.45, 7) is 9.56. The molecule has 0 spiro atoms. The van der Waals surface area contributed by atoms with Gasteiger partial charge in [-0.15, -0.1) is 0 Å². The van der Waals surface area contributed by atoms with Gasteiger partial charge in [0.25, 0.3) is 0 Å². The van der Waals surface area contributed by atoms with Crippen molar-refractivity contribution in [1.29, 1.82) is 0 Å². The van der Waals surface area contributed by atoms with Crippen LogP contribution >= 0.6 is 0 Å². The summed E-state index contributed by atoms with van der Waals surface area (Å²) in [7, 11) is 0. The molecule has 1 fully saturated rings. The number of piperidine rings is 1. The first-order valence-corrected chi connectivity index (χ1v) is 7.74. The summed E-state index contributed by atoms with van der Waals surface area (Å²) in [6, 6.07) is 1.81. The van der Waals surface area contributed by atoms with Crippen LogP contribution in [0.15, 0.2) is 12.3 Å². The number of anilines is 1. The van der Waals surface area contributed by atoms with Crippen molar-refractivity contribution in [2.24, 2.45) is 5.92 Å². The summed E-state index contributed by atoms with van der Waals surface area (Å²) in [5.74, 6) is 2.06. The van der Waals surface area contributed by atoms with Crippen LogP contribution in [0.4, 0.5) is 5.95 Å². The van der Waals surface area contributed by atoms with Gasteiger partial charge in [-0.1, -0.05) is 13.8 Å². The van der Waals surface area contributed by atoms with Gasteiger partial charge in [-0.05, 0) is 44.8 Å². The molecule has 20 heavy (non-hydrogen) atoms. The van der Waals surface area contributed by atoms with E-state index in [1.165, 1.54) is 32.5 Å². The second kappa shape index (κ2) is 8.04. The lowest BCUT2D eigenvalue weighted by Gasteiger charge is -2.31. The van der Waals surface area contributed by atoms with Crippen LogP contribution in [0.25, 0.3) is 0 Å². The minimum Gasteiger partial charge on any atom is -0.478 e. The van der Waals surface area contributed by atoms with Crippen molar-refractivity contribution in [3.8, 4) is 5.88 Å². The average molecular weight is 278 g/mol. The van der Waals surface area contributed by atoms with Gasteiger partial charge in [0.1, 0.15) is 0 Å². The van der Waals surface area contributed by atoms with Crippen LogP contribution in [-0.4, -0.2) is 47.7 Å². The normalized spacial score (nSPS) is 17.1. The van der Waals surface area contributed by atoms with Crippen molar-refractivity contribution in [1.82, 2.24) is 14.9 Å². The third-order valence-electron chi connectivity index (χ3n) is 3.79. The Bertz CT molecular complexity index is 391. The second-order valence-corrected chi connectivity index (χ2v) is 5.33. The van der Waals surface area contributed by atoms with Gasteiger partial charge >= 0.3 is 0 Å². The largest absolute Gasteiger partial charge is 0.478 e. The number of hydrogen-bond acceptors (Lipinski definition) is 5. The predicted molar refractivity (Wildman–Crippen MR) is 81.1 cm³/mol. The molecule has 2 rings (SSSR count). The van der Waals surface area contributed by atoms with E-state index in [4.69, 9.17) is 4.74 Å². The quantitative estimate of drug-likeness (QED) is 0.830. The number of rotatable bonds is 7. The number of hydrogen-bond donors (Lipinski definition) is 1. The first kappa shape index (κ1) is 15.0. The lowest BCUT2D eigenvalue weighted by atomic mass is 9.97. The van der Waals surface area contributed by atoms with Crippen LogP contribution in [0.1, 0.15) is 33.1 Å². The lowest BCUT2D eigenvalue weighted by Crippen LogP contribution is -2.35. The Morgan fingerprint density at radius 2 is 2.15 bits per heavy atom. The van der Waals surface area contributed by atoms with Crippen molar-refractivity contribution in [3.05, 3.63) is 12.3 Å². The minimum absolute atomic E-state index is 0.658. The molecule has 0 amide bonds. The molecule has 5 nitrogen and oxygen atoms in total. The van der Waals surface area contributed by atoms with Gasteiger partial charge in [-0.25, -0.2) is 4.98 Å². The highest BCUT2D eigenvalue weighted by Gasteiger charge is 2.17. The van der Waals surface area contributed by atoms with Crippen LogP contribution in [0.2, 0.25) is 0 Å². The molecule has 0 radical (unpaired) electrons. The van der Waals surface area contributed by atoms with Gasteiger partial charge in [0.05, 0.1) is 6.61 Å². The number of nitrogens with zero attached hydrogens (tertiary/aromatic N) is 3. The SMILES string of the molecule is CCCOc1ccnc(NCC2CCN(CC)CC2)n1. The highest BCUT2D eigenvalue weighted by Crippen LogP contribution is 2.17. The maximum absolute atomic E-state index is 5.52. The van der Waals surface area contributed by atoms with Crippen molar-refractivity contribution in [2.75, 3.05) is 38.1 Å². The number of likely N-dealkylation sites (tertiary alicyclic amines) is 1. The zero-order chi connectivity index (χ0) is 14.2. The third-order valence-corrected chi connectivity index (χ3v) is 3.79. The van der Waals surface area contributed by atoms with Gasteiger partial charge in [0.2, 0.25) is 11.8 Å². The Morgan fingerprint density at radius 3 is 2.85 bits per heavy atom. The van der Waals surface area contributed by atoms with Gasteiger partial charge in [-0.2, -0.15) is 4.98 Å². The van der Waals surface area contributed by atoms with Gasteiger partial charge in [-0.3, -0.25) is 0 Å². The van der Waals surface area contributed by atoms with Gasteiger partial charge in [0, 0.05) is 18.8 Å². The fraction of sp³-hybridized carbons (Fsp3) is 0.733. The Hall–Kier alpha value is -1.36. The fourth-order valence-electron chi connectivity index (χ4n) is 2.46. The monoisotopic (exact) mass is 278 g/mol. The molecular formula is C15H26N4O. The van der Waals surface area contributed by atoms with Crippen LogP contribution in [0.3, 0.4) is 0 Å². The Morgan fingerprint density at radius 1 is 1.35 bits per heavy atom. The molecule has 1 aliphatic heterocycles. The topological polar surface area (TPSA) is 50.3 Å². The summed E-state index contributed by atoms with van der Waals surface area (Å²) in [5.41, 5.74) is 0. The summed E-state index contributed by atoms with van der Waals surface area (Å²) in [6.07, 6.45) is 5.25. The van der Waals surface area contributed by atoms with E-state index in [1.54, 1.807) is 12.3 Å². The molecule has 1 saturated heterocycles. The maximum Gasteiger partial charge on any atom is 0.225 e. The summed E-state index contributed by atoms with van der Waals surface area (Å²) >= 11 is 0. The Kier molecular flexibility index (Phi) is 6.05. The molecule has 0 aliphatic carbocycles. The van der Waals surface area contributed by atoms with Gasteiger partial charge < -0.3 is 15.0 Å². The summed E-state index contributed by atoms with van der Waals surface area (Å²) in [5, 5.41) is 3.34. The molecular weight excluding hydrogens is 252 g/mol. The van der Waals surface area contributed by atoms with E-state index in [0.717, 1.165) is 18.9 Å². The number of aromatic nitrogens is 2. The van der Waals surface area contributed by atoms with Crippen molar-refractivity contribution in [2.45, 2.75) is 33.1 Å². The molecule has 0 bridgehead atoms. The fourth-order valence-corrected chi connectivity index (χ4v) is 2.46. The van der Waals surface area contributed by atoms with Crippen molar-refractivity contribution >= 4 is 5.95 Å². The molecule has 1 aromatic heterocycles. The van der Waals surface area contributed by atoms with Crippen LogP contribution < -0.4 is 10.1 Å². The van der Waals surface area contributed by atoms with E-state index in [0.29, 0.717) is 18.4 Å². The zero-order valence-corrected chi connectivity index (χ0v) is 12.6. The second-order valence-electron chi connectivity index (χ2n) is 5.33. The Labute approximate surface area is 121 Å². The maximum atomic E-state index is 5.52. The van der Waals surface area contributed by atoms with Crippen molar-refractivity contribution < 1.29 is 4.74 Å². The average Bonchev–Trinajstić information content (AvgIpc) is 2.52. The highest BCUT2D eigenvalue weighted by atomic mass is 16.5. The molecule has 0 saturated carbocycles. The molecule has 5 heteroatoms. The van der Waals surface area contributed by atoms with E-state index in [-0.39, 0.29) is 0 Å². The van der Waals surface area contributed by atoms with Gasteiger partial charge in [0.15, 0.2) is 0 Å². The summed E-state index contributed by atoms with van der Waals surface area (Å²) in [4.78, 5) is 11.1. The Balaban J connectivity index is 1.76. The highest BCUT2D eigenvalue weighted by molar-refractivity contribution is 5.27. The molecule has 112 valence electrons. The minimum atomic E-state index is 0.658. The molecule has 0 unspecified atom stereocenters. The predicted octanol–water partition coefficient (Wildman–Crippen LogP) is 2.41. The molecule has 1 N–H and O–H groups in total. The number of nitrogens with one attached hydrogen (secondary N) is 1. The first-order chi connectivity index (χ1) is 9.81. The molecule has 1 aromatic rings. The molecule has 2 heterocycles. The smallest absolute Gasteiger partial charge is 0.225 e. The third kappa shape index (κ3) is 4.63. The molecule has 1 aliphatic rings. The number of ether oxygens (including phenoxy) is 1. The molecule has 0 atom stereocenters. The van der Waals surface area contributed by atoms with Crippen LogP contribution in [-0.2, 0) is 0 Å². The summed E-state index contributed by atoms with van der Waals surface area (Å²) < 4.78 is 5.52. The van der Waals surface area contributed by atoms with Crippen LogP contribution in [0, 0.1) is 5.92 Å². The van der Waals surface area contributed by atoms with E-state index in [9.17, 15) is 0 Å². The van der Waals surface area contributed by atoms with E-state index in [1.807, 2.05) is 0 Å². The standard InChI is InChI=1S/C15H26N4O/c1-3-11-20-14-5-8-16-15(18-14)17-12-13-6-9-19(4-2)10-7-13/h5,8,13H,3-4,6-7,9-12H2,1-2H3,(H,16,17,18). The van der Waals surface area contributed by atoms with E-state index < -0.39 is 0 Å². The van der Waals surface area contributed by atoms with E-state index in [2.05, 4.69) is 34.0 Å². The lowest BCUT2D eigenvalue weighted by molar-refractivity contribution is 0.198. The van der Waals surface area contributed by atoms with Crippen molar-refractivity contribution in [3.63, 3.8) is 0 Å². The molecule has 0 aromatic carbocycles. The first-order valence-electron chi connectivity index (χ1n) is 7.74. The van der Waals surface area contributed by atoms with Crippen LogP contribution in [0.5, 0.6) is 5.88 Å². The zero-order valence-electron chi connectivity index (χ0n) is 12.6. The van der Waals surface area contributed by atoms with E-state index >= 15 is 0 Å².